The molecule has 1 N–H and O–H groups in total. The number of nitriles is 1. The molecule has 0 radical (unpaired) electrons. The van der Waals surface area contributed by atoms with Gasteiger partial charge in [0.1, 0.15) is 5.76 Å². The van der Waals surface area contributed by atoms with Crippen LogP contribution >= 0.6 is 0 Å². The maximum Gasteiger partial charge on any atom is 1.00 e. The second-order valence-corrected chi connectivity index (χ2v) is 3.31. The Morgan fingerprint density at radius 3 is 2.79 bits per heavy atom. The van der Waals surface area contributed by atoms with Gasteiger partial charge in [-0.15, -0.1) is 0 Å². The Kier molecular flexibility index (Phi) is 7.29. The first-order chi connectivity index (χ1) is 8.58. The SMILES string of the molecule is CCOC(=O)C(=O)/C=C(\O)c1cccc(C#N)c1.[H-].[Li+]. The van der Waals surface area contributed by atoms with Crippen LogP contribution in [0.15, 0.2) is 30.3 Å². The zero-order valence-electron chi connectivity index (χ0n) is 11.7. The molecule has 0 heterocycles. The Balaban J connectivity index is 0. The van der Waals surface area contributed by atoms with Gasteiger partial charge in [-0.05, 0) is 19.1 Å². The molecule has 0 spiro atoms. The molecule has 1 rings (SSSR count). The maximum atomic E-state index is 11.3. The van der Waals surface area contributed by atoms with Crippen molar-refractivity contribution < 1.29 is 39.7 Å². The van der Waals surface area contributed by atoms with E-state index in [1.54, 1.807) is 19.1 Å². The smallest absolute Gasteiger partial charge is 1.00 e. The van der Waals surface area contributed by atoms with Crippen LogP contribution in [-0.2, 0) is 14.3 Å². The van der Waals surface area contributed by atoms with Crippen LogP contribution in [0.4, 0.5) is 0 Å². The first kappa shape index (κ1) is 17.0. The number of nitrogens with zero attached hydrogens (tertiary/aromatic N) is 1. The molecular formula is C13H12LiNO4. The van der Waals surface area contributed by atoms with E-state index in [2.05, 4.69) is 4.74 Å². The third-order valence-electron chi connectivity index (χ3n) is 2.03. The number of ether oxygens (including phenoxy) is 1. The standard InChI is InChI=1S/C13H11NO4.Li.H/c1-2-18-13(17)12(16)7-11(15)10-5-3-4-9(6-10)8-14;;/h3-7,15H,2H2,1H3;;/q;+1;-1/b11-7-;;. The topological polar surface area (TPSA) is 87.4 Å². The molecule has 19 heavy (non-hydrogen) atoms. The van der Waals surface area contributed by atoms with E-state index in [4.69, 9.17) is 5.26 Å². The minimum atomic E-state index is -1.03. The summed E-state index contributed by atoms with van der Waals surface area (Å²) in [5.74, 6) is -2.36. The van der Waals surface area contributed by atoms with Crippen molar-refractivity contribution in [3.63, 3.8) is 0 Å². The number of esters is 1. The first-order valence-electron chi connectivity index (χ1n) is 5.20. The normalized spacial score (nSPS) is 10.0. The van der Waals surface area contributed by atoms with Crippen molar-refractivity contribution in [1.82, 2.24) is 0 Å². The Labute approximate surface area is 124 Å². The van der Waals surface area contributed by atoms with Crippen molar-refractivity contribution in [1.29, 1.82) is 5.26 Å². The maximum absolute atomic E-state index is 11.3. The average molecular weight is 253 g/mol. The molecule has 0 bridgehead atoms. The Hall–Kier alpha value is -2.01. The molecule has 0 aliphatic rings. The van der Waals surface area contributed by atoms with Crippen LogP contribution < -0.4 is 18.9 Å². The summed E-state index contributed by atoms with van der Waals surface area (Å²) in [5.41, 5.74) is 0.628. The van der Waals surface area contributed by atoms with Gasteiger partial charge in [-0.1, -0.05) is 12.1 Å². The van der Waals surface area contributed by atoms with E-state index in [0.717, 1.165) is 6.08 Å². The first-order valence-corrected chi connectivity index (χ1v) is 5.20. The number of hydrogen-bond donors (Lipinski definition) is 1. The number of rotatable bonds is 4. The Morgan fingerprint density at radius 2 is 2.21 bits per heavy atom. The number of carbonyl (C=O) groups excluding carboxylic acids is 2. The number of hydrogen-bond acceptors (Lipinski definition) is 5. The van der Waals surface area contributed by atoms with E-state index in [1.807, 2.05) is 6.07 Å². The zero-order chi connectivity index (χ0) is 13.5. The molecule has 0 atom stereocenters. The molecule has 1 aromatic rings. The van der Waals surface area contributed by atoms with Gasteiger partial charge in [0.05, 0.1) is 18.2 Å². The third kappa shape index (κ3) is 5.01. The van der Waals surface area contributed by atoms with E-state index in [1.165, 1.54) is 12.1 Å². The van der Waals surface area contributed by atoms with Gasteiger partial charge in [-0.25, -0.2) is 4.79 Å². The summed E-state index contributed by atoms with van der Waals surface area (Å²) in [5, 5.41) is 18.3. The Morgan fingerprint density at radius 1 is 1.53 bits per heavy atom. The van der Waals surface area contributed by atoms with E-state index < -0.39 is 11.8 Å². The number of ketones is 1. The predicted octanol–water partition coefficient (Wildman–Crippen LogP) is -1.29. The van der Waals surface area contributed by atoms with Crippen molar-refractivity contribution in [2.45, 2.75) is 6.92 Å². The molecule has 0 aliphatic heterocycles. The molecule has 0 aliphatic carbocycles. The minimum absolute atomic E-state index is 0. The Bertz CT molecular complexity index is 552. The van der Waals surface area contributed by atoms with Gasteiger partial charge < -0.3 is 11.3 Å². The number of benzene rings is 1. The summed E-state index contributed by atoms with van der Waals surface area (Å²) in [6, 6.07) is 7.95. The fourth-order valence-corrected chi connectivity index (χ4v) is 1.22. The molecule has 94 valence electrons. The molecular weight excluding hydrogens is 241 g/mol. The third-order valence-corrected chi connectivity index (χ3v) is 2.03. The van der Waals surface area contributed by atoms with Gasteiger partial charge in [0.2, 0.25) is 0 Å². The van der Waals surface area contributed by atoms with Crippen molar-refractivity contribution in [2.24, 2.45) is 0 Å². The van der Waals surface area contributed by atoms with Gasteiger partial charge >= 0.3 is 24.8 Å². The summed E-state index contributed by atoms with van der Waals surface area (Å²) in [4.78, 5) is 22.3. The molecule has 0 aromatic heterocycles. The number of aliphatic hydroxyl groups excluding tert-OH is 1. The summed E-state index contributed by atoms with van der Waals surface area (Å²) >= 11 is 0. The van der Waals surface area contributed by atoms with Gasteiger partial charge in [0.15, 0.2) is 0 Å². The van der Waals surface area contributed by atoms with E-state index >= 15 is 0 Å². The van der Waals surface area contributed by atoms with E-state index in [-0.39, 0.29) is 38.2 Å². The van der Waals surface area contributed by atoms with Crippen molar-refractivity contribution >= 4 is 17.5 Å². The molecule has 1 aromatic carbocycles. The molecule has 0 amide bonds. The minimum Gasteiger partial charge on any atom is -1.00 e. The van der Waals surface area contributed by atoms with Crippen LogP contribution in [0.1, 0.15) is 19.5 Å². The second-order valence-electron chi connectivity index (χ2n) is 3.31. The van der Waals surface area contributed by atoms with Gasteiger partial charge in [0, 0.05) is 11.6 Å². The fourth-order valence-electron chi connectivity index (χ4n) is 1.22. The summed E-state index contributed by atoms with van der Waals surface area (Å²) in [7, 11) is 0. The second kappa shape index (κ2) is 8.15. The van der Waals surface area contributed by atoms with Crippen LogP contribution in [0.5, 0.6) is 0 Å². The van der Waals surface area contributed by atoms with Gasteiger partial charge in [-0.3, -0.25) is 4.79 Å². The van der Waals surface area contributed by atoms with Gasteiger partial charge in [0.25, 0.3) is 5.78 Å². The fraction of sp³-hybridized carbons (Fsp3) is 0.154. The largest absolute Gasteiger partial charge is 1.00 e. The summed E-state index contributed by atoms with van der Waals surface area (Å²) in [6.45, 7) is 1.66. The molecule has 0 unspecified atom stereocenters. The van der Waals surface area contributed by atoms with Crippen LogP contribution in [0.3, 0.4) is 0 Å². The van der Waals surface area contributed by atoms with Gasteiger partial charge in [-0.2, -0.15) is 5.26 Å². The van der Waals surface area contributed by atoms with Crippen LogP contribution in [0.25, 0.3) is 5.76 Å². The predicted molar refractivity (Wildman–Crippen MR) is 64.5 cm³/mol. The van der Waals surface area contributed by atoms with Crippen LogP contribution in [0, 0.1) is 11.3 Å². The zero-order valence-corrected chi connectivity index (χ0v) is 10.7. The molecule has 0 saturated heterocycles. The van der Waals surface area contributed by atoms with E-state index in [0.29, 0.717) is 5.56 Å². The van der Waals surface area contributed by atoms with Crippen LogP contribution in [-0.4, -0.2) is 23.5 Å². The van der Waals surface area contributed by atoms with Crippen molar-refractivity contribution in [3.8, 4) is 6.07 Å². The quantitative estimate of drug-likeness (QED) is 0.237. The summed E-state index contributed by atoms with van der Waals surface area (Å²) < 4.78 is 4.49. The molecule has 5 nitrogen and oxygen atoms in total. The number of carbonyl (C=O) groups is 2. The van der Waals surface area contributed by atoms with E-state index in [9.17, 15) is 14.7 Å². The van der Waals surface area contributed by atoms with Crippen molar-refractivity contribution in [3.05, 3.63) is 41.5 Å². The molecule has 6 heteroatoms. The number of aliphatic hydroxyl groups is 1. The monoisotopic (exact) mass is 253 g/mol. The molecule has 0 saturated carbocycles. The molecule has 0 fully saturated rings. The van der Waals surface area contributed by atoms with Crippen LogP contribution in [0.2, 0.25) is 0 Å². The average Bonchev–Trinajstić information content (AvgIpc) is 2.39. The summed E-state index contributed by atoms with van der Waals surface area (Å²) in [6.07, 6.45) is 0.772. The van der Waals surface area contributed by atoms with Crippen molar-refractivity contribution in [2.75, 3.05) is 6.61 Å².